The zero-order valence-corrected chi connectivity index (χ0v) is 18.7. The molecule has 0 radical (unpaired) electrons. The van der Waals surface area contributed by atoms with E-state index >= 15 is 0 Å². The molecule has 1 atom stereocenters. The Bertz CT molecular complexity index is 1240. The Labute approximate surface area is 198 Å². The molecule has 1 unspecified atom stereocenters. The Morgan fingerprint density at radius 1 is 1.11 bits per heavy atom. The maximum absolute atomic E-state index is 13.2. The number of Topliss-reactive ketones (excluding diaryl/α,β-unsaturated/α-hetero) is 1. The van der Waals surface area contributed by atoms with Gasteiger partial charge in [-0.15, -0.1) is 0 Å². The first-order valence-electron chi connectivity index (χ1n) is 10.9. The van der Waals surface area contributed by atoms with Crippen molar-refractivity contribution in [3.05, 3.63) is 77.2 Å². The van der Waals surface area contributed by atoms with Crippen LogP contribution in [0, 0.1) is 6.92 Å². The lowest BCUT2D eigenvalue weighted by Gasteiger charge is -2.18. The van der Waals surface area contributed by atoms with Crippen LogP contribution in [-0.2, 0) is 22.2 Å². The number of nitrogens with zero attached hydrogens (tertiary/aromatic N) is 3. The maximum atomic E-state index is 13.2. The average Bonchev–Trinajstić information content (AvgIpc) is 3.55. The number of pyridine rings is 1. The molecular weight excluding hydrogens is 463 g/mol. The predicted molar refractivity (Wildman–Crippen MR) is 119 cm³/mol. The summed E-state index contributed by atoms with van der Waals surface area (Å²) in [6, 6.07) is 11.1. The van der Waals surface area contributed by atoms with Gasteiger partial charge in [0.05, 0.1) is 11.3 Å². The summed E-state index contributed by atoms with van der Waals surface area (Å²) in [5.74, 6) is -2.29. The van der Waals surface area contributed by atoms with E-state index in [4.69, 9.17) is 0 Å². The third kappa shape index (κ3) is 5.92. The average molecular weight is 485 g/mol. The van der Waals surface area contributed by atoms with Crippen LogP contribution < -0.4 is 10.6 Å². The van der Waals surface area contributed by atoms with Gasteiger partial charge >= 0.3 is 6.18 Å². The van der Waals surface area contributed by atoms with Crippen LogP contribution in [0.25, 0.3) is 5.82 Å². The molecular formula is C24H22F3N5O3. The number of alkyl halides is 3. The number of aryl methyl sites for hydroxylation is 1. The van der Waals surface area contributed by atoms with Crippen molar-refractivity contribution >= 4 is 17.6 Å². The summed E-state index contributed by atoms with van der Waals surface area (Å²) < 4.78 is 39.8. The third-order valence-corrected chi connectivity index (χ3v) is 5.40. The molecule has 11 heteroatoms. The molecule has 2 N–H and O–H groups in total. The van der Waals surface area contributed by atoms with Crippen LogP contribution in [0.1, 0.15) is 40.2 Å². The molecule has 4 rings (SSSR count). The van der Waals surface area contributed by atoms with Crippen LogP contribution in [0.5, 0.6) is 0 Å². The van der Waals surface area contributed by atoms with Crippen LogP contribution in [0.15, 0.2) is 54.7 Å². The van der Waals surface area contributed by atoms with Gasteiger partial charge in [-0.1, -0.05) is 30.3 Å². The number of hydrogen-bond donors (Lipinski definition) is 2. The SMILES string of the molecule is Cc1cc(C(=O)NC(Cc2ccccc2)C(=O)C(=O)NC2CC2)n(-c2ccc(C(F)(F)F)cn2)n1. The third-order valence-electron chi connectivity index (χ3n) is 5.40. The molecule has 2 aromatic heterocycles. The Kier molecular flexibility index (Phi) is 6.68. The number of carbonyl (C=O) groups excluding carboxylic acids is 3. The van der Waals surface area contributed by atoms with Crippen LogP contribution in [-0.4, -0.2) is 44.4 Å². The van der Waals surface area contributed by atoms with E-state index in [-0.39, 0.29) is 24.0 Å². The van der Waals surface area contributed by atoms with E-state index in [1.165, 1.54) is 6.07 Å². The van der Waals surface area contributed by atoms with Crippen molar-refractivity contribution in [1.82, 2.24) is 25.4 Å². The highest BCUT2D eigenvalue weighted by atomic mass is 19.4. The zero-order valence-electron chi connectivity index (χ0n) is 18.7. The molecule has 2 amide bonds. The van der Waals surface area contributed by atoms with Crippen molar-refractivity contribution in [1.29, 1.82) is 0 Å². The molecule has 0 aliphatic heterocycles. The van der Waals surface area contributed by atoms with E-state index in [1.54, 1.807) is 37.3 Å². The Morgan fingerprint density at radius 2 is 1.83 bits per heavy atom. The molecule has 35 heavy (non-hydrogen) atoms. The Hall–Kier alpha value is -4.02. The summed E-state index contributed by atoms with van der Waals surface area (Å²) >= 11 is 0. The van der Waals surface area contributed by atoms with Crippen LogP contribution in [0.2, 0.25) is 0 Å². The molecule has 0 spiro atoms. The molecule has 1 aromatic carbocycles. The van der Waals surface area contributed by atoms with Crippen molar-refractivity contribution in [2.45, 2.75) is 44.4 Å². The minimum Gasteiger partial charge on any atom is -0.347 e. The quantitative estimate of drug-likeness (QED) is 0.478. The summed E-state index contributed by atoms with van der Waals surface area (Å²) in [5.41, 5.74) is 0.170. The maximum Gasteiger partial charge on any atom is 0.417 e. The monoisotopic (exact) mass is 485 g/mol. The van der Waals surface area contributed by atoms with E-state index in [2.05, 4.69) is 20.7 Å². The summed E-state index contributed by atoms with van der Waals surface area (Å²) in [5, 5.41) is 9.39. The highest BCUT2D eigenvalue weighted by Crippen LogP contribution is 2.28. The second-order valence-corrected chi connectivity index (χ2v) is 8.31. The summed E-state index contributed by atoms with van der Waals surface area (Å²) in [4.78, 5) is 42.3. The highest BCUT2D eigenvalue weighted by Gasteiger charge is 2.33. The van der Waals surface area contributed by atoms with Gasteiger partial charge in [-0.05, 0) is 43.5 Å². The number of nitrogens with one attached hydrogen (secondary N) is 2. The van der Waals surface area contributed by atoms with E-state index in [0.29, 0.717) is 11.9 Å². The number of ketones is 1. The van der Waals surface area contributed by atoms with E-state index in [1.807, 2.05) is 0 Å². The van der Waals surface area contributed by atoms with Gasteiger partial charge in [0, 0.05) is 18.7 Å². The van der Waals surface area contributed by atoms with Gasteiger partial charge in [0.25, 0.3) is 11.8 Å². The van der Waals surface area contributed by atoms with Gasteiger partial charge in [0.2, 0.25) is 5.78 Å². The first-order chi connectivity index (χ1) is 16.6. The molecule has 2 heterocycles. The minimum absolute atomic E-state index is 0.00587. The number of aromatic nitrogens is 3. The summed E-state index contributed by atoms with van der Waals surface area (Å²) in [7, 11) is 0. The van der Waals surface area contributed by atoms with E-state index in [9.17, 15) is 27.6 Å². The highest BCUT2D eigenvalue weighted by molar-refractivity contribution is 6.38. The molecule has 0 saturated heterocycles. The first kappa shape index (κ1) is 24.1. The smallest absolute Gasteiger partial charge is 0.347 e. The van der Waals surface area contributed by atoms with Crippen molar-refractivity contribution in [2.24, 2.45) is 0 Å². The molecule has 1 aliphatic rings. The number of halogens is 3. The summed E-state index contributed by atoms with van der Waals surface area (Å²) in [6.45, 7) is 1.60. The molecule has 3 aromatic rings. The second kappa shape index (κ2) is 9.69. The lowest BCUT2D eigenvalue weighted by molar-refractivity contribution is -0.139. The predicted octanol–water partition coefficient (Wildman–Crippen LogP) is 2.78. The first-order valence-corrected chi connectivity index (χ1v) is 10.9. The van der Waals surface area contributed by atoms with E-state index < -0.39 is 35.4 Å². The van der Waals surface area contributed by atoms with Crippen LogP contribution >= 0.6 is 0 Å². The lowest BCUT2D eigenvalue weighted by atomic mass is 10.0. The van der Waals surface area contributed by atoms with Gasteiger partial charge < -0.3 is 10.6 Å². The fourth-order valence-electron chi connectivity index (χ4n) is 3.45. The van der Waals surface area contributed by atoms with Crippen molar-refractivity contribution in [3.8, 4) is 5.82 Å². The van der Waals surface area contributed by atoms with Gasteiger partial charge in [0.15, 0.2) is 5.82 Å². The van der Waals surface area contributed by atoms with Crippen molar-refractivity contribution < 1.29 is 27.6 Å². The normalized spacial score (nSPS) is 14.3. The standard InChI is InChI=1S/C24H22F3N5O3/c1-14-11-19(32(31-14)20-10-7-16(13-28-20)24(25,26)27)22(34)30-18(12-15-5-3-2-4-6-15)21(33)23(35)29-17-8-9-17/h2-7,10-11,13,17-18H,8-9,12H2,1H3,(H,29,35)(H,30,34). The number of benzene rings is 1. The number of rotatable bonds is 8. The fraction of sp³-hybridized carbons (Fsp3) is 0.292. The number of amides is 2. The van der Waals surface area contributed by atoms with Gasteiger partial charge in [-0.25, -0.2) is 9.67 Å². The van der Waals surface area contributed by atoms with Crippen LogP contribution in [0.3, 0.4) is 0 Å². The fourth-order valence-corrected chi connectivity index (χ4v) is 3.45. The molecule has 1 fully saturated rings. The Morgan fingerprint density at radius 3 is 2.43 bits per heavy atom. The number of carbonyl (C=O) groups is 3. The topological polar surface area (TPSA) is 106 Å². The van der Waals surface area contributed by atoms with Gasteiger partial charge in [-0.3, -0.25) is 14.4 Å². The van der Waals surface area contributed by atoms with Crippen molar-refractivity contribution in [3.63, 3.8) is 0 Å². The second-order valence-electron chi connectivity index (χ2n) is 8.31. The molecule has 1 saturated carbocycles. The Balaban J connectivity index is 1.59. The van der Waals surface area contributed by atoms with Gasteiger partial charge in [0.1, 0.15) is 11.7 Å². The molecule has 182 valence electrons. The zero-order chi connectivity index (χ0) is 25.2. The van der Waals surface area contributed by atoms with Crippen molar-refractivity contribution in [2.75, 3.05) is 0 Å². The largest absolute Gasteiger partial charge is 0.417 e. The molecule has 8 nitrogen and oxygen atoms in total. The van der Waals surface area contributed by atoms with Crippen LogP contribution in [0.4, 0.5) is 13.2 Å². The minimum atomic E-state index is -4.56. The van der Waals surface area contributed by atoms with Gasteiger partial charge in [-0.2, -0.15) is 18.3 Å². The molecule has 0 bridgehead atoms. The molecule has 1 aliphatic carbocycles. The number of hydrogen-bond acceptors (Lipinski definition) is 5. The van der Waals surface area contributed by atoms with E-state index in [0.717, 1.165) is 35.2 Å². The lowest BCUT2D eigenvalue weighted by Crippen LogP contribution is -2.49. The summed E-state index contributed by atoms with van der Waals surface area (Å²) in [6.07, 6.45) is -2.23.